The Labute approximate surface area is 269 Å². The van der Waals surface area contributed by atoms with E-state index in [0.29, 0.717) is 24.7 Å². The molecular weight excluding hydrogens is 590 g/mol. The first-order chi connectivity index (χ1) is 21.4. The van der Waals surface area contributed by atoms with Crippen molar-refractivity contribution >= 4 is 15.5 Å². The molecule has 10 heteroatoms. The van der Waals surface area contributed by atoms with E-state index in [1.165, 1.54) is 7.11 Å². The number of nitrogens with one attached hydrogen (secondary N) is 1. The molecule has 2 aliphatic heterocycles. The van der Waals surface area contributed by atoms with Gasteiger partial charge in [0.15, 0.2) is 11.5 Å². The smallest absolute Gasteiger partial charge is 0.237 e. The predicted octanol–water partition coefficient (Wildman–Crippen LogP) is 5.54. The molecule has 9 nitrogen and oxygen atoms in total. The average molecular weight is 636 g/mol. The summed E-state index contributed by atoms with van der Waals surface area (Å²) in [4.78, 5) is 0. The first-order valence-corrected chi connectivity index (χ1v) is 16.2. The summed E-state index contributed by atoms with van der Waals surface area (Å²) >= 11 is 0. The van der Waals surface area contributed by atoms with Crippen molar-refractivity contribution in [3.63, 3.8) is 0 Å². The zero-order chi connectivity index (χ0) is 32.3. The molecular formula is C35H45NO8Si. The highest BCUT2D eigenvalue weighted by atomic mass is 28.2. The standard InChI is InChI=1S/C35H45NO8Si/c1-32(2,3)45-44-35(24-14-10-8-11-15-24,25-16-12-9-13-17-25)31-30(42-33(4,38-6)34(5,39-7)43-31)27(37)23-36-26-18-19-28-29(22-26)41-21-20-40-28/h8-19,22,27,30-31,36-37H,20-21,23H2,1-7H3/t27-,30+,31+,33-,34-/m1/s1. The van der Waals surface area contributed by atoms with Crippen molar-refractivity contribution in [2.75, 3.05) is 39.3 Å². The largest absolute Gasteiger partial charge is 0.486 e. The summed E-state index contributed by atoms with van der Waals surface area (Å²) in [6.45, 7) is 11.1. The molecule has 242 valence electrons. The summed E-state index contributed by atoms with van der Waals surface area (Å²) in [5, 5.41) is 15.2. The number of rotatable bonds is 11. The Morgan fingerprint density at radius 3 is 1.96 bits per heavy atom. The van der Waals surface area contributed by atoms with Crippen LogP contribution >= 0.6 is 0 Å². The molecule has 5 rings (SSSR count). The molecule has 3 aromatic carbocycles. The third-order valence-electron chi connectivity index (χ3n) is 8.38. The molecule has 1 fully saturated rings. The zero-order valence-electron chi connectivity index (χ0n) is 27.2. The van der Waals surface area contributed by atoms with Crippen molar-refractivity contribution in [3.8, 4) is 11.5 Å². The van der Waals surface area contributed by atoms with Crippen LogP contribution in [-0.4, -0.2) is 78.7 Å². The number of methoxy groups -OCH3 is 2. The Morgan fingerprint density at radius 2 is 1.40 bits per heavy atom. The van der Waals surface area contributed by atoms with Crippen molar-refractivity contribution in [3.05, 3.63) is 90.0 Å². The van der Waals surface area contributed by atoms with Gasteiger partial charge in [-0.2, -0.15) is 0 Å². The maximum atomic E-state index is 12.0. The number of benzene rings is 3. The molecule has 1 saturated heterocycles. The highest BCUT2D eigenvalue weighted by molar-refractivity contribution is 6.32. The van der Waals surface area contributed by atoms with Crippen LogP contribution in [0.2, 0.25) is 5.04 Å². The third kappa shape index (κ3) is 6.78. The highest BCUT2D eigenvalue weighted by Crippen LogP contribution is 2.50. The fraction of sp³-hybridized carbons (Fsp3) is 0.486. The van der Waals surface area contributed by atoms with E-state index in [4.69, 9.17) is 32.8 Å². The van der Waals surface area contributed by atoms with Gasteiger partial charge in [-0.1, -0.05) is 81.4 Å². The Kier molecular flexibility index (Phi) is 9.95. The summed E-state index contributed by atoms with van der Waals surface area (Å²) < 4.78 is 44.2. The highest BCUT2D eigenvalue weighted by Gasteiger charge is 2.63. The van der Waals surface area contributed by atoms with Gasteiger partial charge in [0.1, 0.15) is 37.1 Å². The molecule has 2 N–H and O–H groups in total. The lowest BCUT2D eigenvalue weighted by Crippen LogP contribution is -2.71. The number of ether oxygens (including phenoxy) is 6. The van der Waals surface area contributed by atoms with Crippen LogP contribution in [0, 0.1) is 0 Å². The van der Waals surface area contributed by atoms with Crippen LogP contribution in [-0.2, 0) is 29.0 Å². The second kappa shape index (κ2) is 13.4. The molecule has 0 unspecified atom stereocenters. The molecule has 2 radical (unpaired) electrons. The van der Waals surface area contributed by atoms with E-state index >= 15 is 0 Å². The van der Waals surface area contributed by atoms with Gasteiger partial charge in [-0.25, -0.2) is 0 Å². The molecule has 2 heterocycles. The Bertz CT molecular complexity index is 1360. The SMILES string of the molecule is CO[C@]1(C)O[C@@H]([C@H](O)CNc2ccc3c(c2)OCCO3)[C@@H](C(O[Si]C(C)(C)C)(c2ccccc2)c2ccccc2)O[C@@]1(C)OC. The van der Waals surface area contributed by atoms with Gasteiger partial charge in [-0.15, -0.1) is 0 Å². The lowest BCUT2D eigenvalue weighted by atomic mass is 9.77. The Balaban J connectivity index is 1.61. The number of hydrogen-bond donors (Lipinski definition) is 2. The van der Waals surface area contributed by atoms with Crippen molar-refractivity contribution in [1.29, 1.82) is 0 Å². The van der Waals surface area contributed by atoms with Crippen LogP contribution in [0.25, 0.3) is 0 Å². The van der Waals surface area contributed by atoms with Crippen molar-refractivity contribution in [2.24, 2.45) is 0 Å². The second-order valence-electron chi connectivity index (χ2n) is 12.6. The van der Waals surface area contributed by atoms with Gasteiger partial charge in [-0.05, 0) is 42.1 Å². The van der Waals surface area contributed by atoms with Crippen LogP contribution in [0.4, 0.5) is 5.69 Å². The number of aliphatic hydroxyl groups is 1. The summed E-state index contributed by atoms with van der Waals surface area (Å²) in [5.74, 6) is -1.39. The minimum Gasteiger partial charge on any atom is -0.486 e. The number of fused-ring (bicyclic) bond motifs is 1. The Hall–Kier alpha value is -2.96. The van der Waals surface area contributed by atoms with Gasteiger partial charge in [0.2, 0.25) is 21.3 Å². The van der Waals surface area contributed by atoms with Gasteiger partial charge >= 0.3 is 0 Å². The normalized spacial score (nSPS) is 25.9. The van der Waals surface area contributed by atoms with Crippen molar-refractivity contribution in [1.82, 2.24) is 0 Å². The van der Waals surface area contributed by atoms with E-state index in [9.17, 15) is 5.11 Å². The van der Waals surface area contributed by atoms with E-state index < -0.39 is 35.5 Å². The van der Waals surface area contributed by atoms with Gasteiger partial charge in [0.05, 0.1) is 0 Å². The number of hydrogen-bond acceptors (Lipinski definition) is 9. The van der Waals surface area contributed by atoms with Crippen molar-refractivity contribution in [2.45, 2.75) is 75.1 Å². The molecule has 0 amide bonds. The van der Waals surface area contributed by atoms with Crippen LogP contribution in [0.3, 0.4) is 0 Å². The van der Waals surface area contributed by atoms with Gasteiger partial charge in [0.25, 0.3) is 0 Å². The first kappa shape index (κ1) is 33.4. The molecule has 0 spiro atoms. The maximum absolute atomic E-state index is 12.0. The van der Waals surface area contributed by atoms with E-state index in [2.05, 4.69) is 26.1 Å². The fourth-order valence-electron chi connectivity index (χ4n) is 5.67. The third-order valence-corrected chi connectivity index (χ3v) is 9.41. The van der Waals surface area contributed by atoms with Crippen LogP contribution in [0.1, 0.15) is 45.7 Å². The molecule has 0 bridgehead atoms. The lowest BCUT2D eigenvalue weighted by Gasteiger charge is -2.57. The minimum atomic E-state index is -1.37. The molecule has 0 aliphatic carbocycles. The van der Waals surface area contributed by atoms with Crippen LogP contribution in [0.5, 0.6) is 11.5 Å². The Morgan fingerprint density at radius 1 is 0.844 bits per heavy atom. The molecule has 0 aromatic heterocycles. The van der Waals surface area contributed by atoms with E-state index in [-0.39, 0.29) is 21.3 Å². The number of aliphatic hydroxyl groups excluding tert-OH is 1. The summed E-state index contributed by atoms with van der Waals surface area (Å²) in [6, 6.07) is 25.5. The molecule has 3 aromatic rings. The fourth-order valence-corrected chi connectivity index (χ4v) is 6.49. The van der Waals surface area contributed by atoms with Gasteiger partial charge in [-0.3, -0.25) is 0 Å². The summed E-state index contributed by atoms with van der Waals surface area (Å²) in [7, 11) is 3.17. The molecule has 2 aliphatic rings. The second-order valence-corrected chi connectivity index (χ2v) is 14.6. The van der Waals surface area contributed by atoms with E-state index in [0.717, 1.165) is 16.8 Å². The number of anilines is 1. The predicted molar refractivity (Wildman–Crippen MR) is 173 cm³/mol. The summed E-state index contributed by atoms with van der Waals surface area (Å²) in [6.07, 6.45) is -2.90. The topological polar surface area (TPSA) is 96.9 Å². The summed E-state index contributed by atoms with van der Waals surface area (Å²) in [5.41, 5.74) is 1.29. The van der Waals surface area contributed by atoms with E-state index in [1.54, 1.807) is 21.0 Å². The average Bonchev–Trinajstić information content (AvgIpc) is 3.05. The maximum Gasteiger partial charge on any atom is 0.237 e. The quantitative estimate of drug-likeness (QED) is 0.264. The minimum absolute atomic E-state index is 0.0708. The van der Waals surface area contributed by atoms with Crippen LogP contribution in [0.15, 0.2) is 78.9 Å². The van der Waals surface area contributed by atoms with Crippen LogP contribution < -0.4 is 14.8 Å². The molecule has 45 heavy (non-hydrogen) atoms. The monoisotopic (exact) mass is 635 g/mol. The first-order valence-electron chi connectivity index (χ1n) is 15.3. The van der Waals surface area contributed by atoms with E-state index in [1.807, 2.05) is 78.9 Å². The lowest BCUT2D eigenvalue weighted by molar-refractivity contribution is -0.463. The molecule has 5 atom stereocenters. The van der Waals surface area contributed by atoms with Gasteiger partial charge < -0.3 is 43.3 Å². The van der Waals surface area contributed by atoms with Gasteiger partial charge in [0, 0.05) is 32.5 Å². The van der Waals surface area contributed by atoms with Crippen molar-refractivity contribution < 1.29 is 38.0 Å². The molecule has 0 saturated carbocycles. The zero-order valence-corrected chi connectivity index (χ0v) is 28.2.